The molecule has 3 nitrogen and oxygen atoms in total. The number of hydrogen-bond acceptors (Lipinski definition) is 3. The van der Waals surface area contributed by atoms with Crippen LogP contribution < -0.4 is 5.32 Å². The smallest absolute Gasteiger partial charge is 0.0826 e. The van der Waals surface area contributed by atoms with Gasteiger partial charge in [-0.2, -0.15) is 0 Å². The summed E-state index contributed by atoms with van der Waals surface area (Å²) < 4.78 is 5.75. The van der Waals surface area contributed by atoms with Crippen molar-refractivity contribution in [3.63, 3.8) is 0 Å². The van der Waals surface area contributed by atoms with Gasteiger partial charge in [0.25, 0.3) is 0 Å². The van der Waals surface area contributed by atoms with E-state index in [1.165, 1.54) is 11.1 Å². The van der Waals surface area contributed by atoms with Crippen molar-refractivity contribution in [2.24, 2.45) is 0 Å². The lowest BCUT2D eigenvalue weighted by atomic mass is 10.1. The van der Waals surface area contributed by atoms with Gasteiger partial charge in [-0.25, -0.2) is 0 Å². The highest BCUT2D eigenvalue weighted by atomic mass is 16.5. The summed E-state index contributed by atoms with van der Waals surface area (Å²) in [5.41, 5.74) is 2.65. The third-order valence-corrected chi connectivity index (χ3v) is 3.57. The molecule has 1 saturated heterocycles. The van der Waals surface area contributed by atoms with Gasteiger partial charge in [0.1, 0.15) is 0 Å². The normalized spacial score (nSPS) is 22.9. The van der Waals surface area contributed by atoms with Gasteiger partial charge in [0.2, 0.25) is 0 Å². The quantitative estimate of drug-likeness (QED) is 0.882. The first-order valence-corrected chi connectivity index (χ1v) is 6.75. The zero-order chi connectivity index (χ0) is 13.0. The van der Waals surface area contributed by atoms with E-state index in [-0.39, 0.29) is 0 Å². The molecule has 0 aliphatic carbocycles. The molecule has 1 aromatic carbocycles. The van der Waals surface area contributed by atoms with Crippen LogP contribution in [0.25, 0.3) is 0 Å². The molecule has 0 amide bonds. The first kappa shape index (κ1) is 13.5. The molecule has 1 aliphatic rings. The summed E-state index contributed by atoms with van der Waals surface area (Å²) in [5, 5.41) is 3.56. The molecule has 0 saturated carbocycles. The maximum atomic E-state index is 5.75. The van der Waals surface area contributed by atoms with Crippen molar-refractivity contribution in [2.45, 2.75) is 26.0 Å². The van der Waals surface area contributed by atoms with Crippen LogP contribution in [0.1, 0.15) is 24.1 Å². The van der Waals surface area contributed by atoms with Crippen molar-refractivity contribution in [2.75, 3.05) is 33.3 Å². The highest BCUT2D eigenvalue weighted by Gasteiger charge is 2.18. The van der Waals surface area contributed by atoms with Crippen molar-refractivity contribution < 1.29 is 4.74 Å². The van der Waals surface area contributed by atoms with Crippen molar-refractivity contribution in [3.05, 3.63) is 35.4 Å². The summed E-state index contributed by atoms with van der Waals surface area (Å²) >= 11 is 0. The van der Waals surface area contributed by atoms with Gasteiger partial charge in [0.15, 0.2) is 0 Å². The molecule has 3 heteroatoms. The summed E-state index contributed by atoms with van der Waals surface area (Å²) in [6.45, 7) is 8.16. The Kier molecular flexibility index (Phi) is 4.75. The lowest BCUT2D eigenvalue weighted by molar-refractivity contribution is -0.0190. The van der Waals surface area contributed by atoms with Gasteiger partial charge in [0, 0.05) is 25.7 Å². The van der Waals surface area contributed by atoms with Crippen molar-refractivity contribution in [1.29, 1.82) is 0 Å². The van der Waals surface area contributed by atoms with Crippen molar-refractivity contribution >= 4 is 0 Å². The molecule has 1 heterocycles. The average molecular weight is 248 g/mol. The van der Waals surface area contributed by atoms with E-state index in [1.54, 1.807) is 0 Å². The molecule has 0 aromatic heterocycles. The number of morpholine rings is 1. The fraction of sp³-hybridized carbons (Fsp3) is 0.600. The molecule has 1 aliphatic heterocycles. The Morgan fingerprint density at radius 2 is 2.11 bits per heavy atom. The fourth-order valence-electron chi connectivity index (χ4n) is 2.27. The van der Waals surface area contributed by atoms with Crippen LogP contribution in [0.3, 0.4) is 0 Å². The fourth-order valence-corrected chi connectivity index (χ4v) is 2.27. The second-order valence-corrected chi connectivity index (χ2v) is 5.30. The largest absolute Gasteiger partial charge is 0.374 e. The van der Waals surface area contributed by atoms with E-state index >= 15 is 0 Å². The molecule has 1 N–H and O–H groups in total. The second kappa shape index (κ2) is 6.32. The van der Waals surface area contributed by atoms with Crippen LogP contribution in [0.5, 0.6) is 0 Å². The van der Waals surface area contributed by atoms with Gasteiger partial charge in [-0.05, 0) is 26.5 Å². The number of likely N-dealkylation sites (N-methyl/N-ethyl adjacent to an activating group) is 1. The third-order valence-electron chi connectivity index (χ3n) is 3.57. The van der Waals surface area contributed by atoms with Gasteiger partial charge in [-0.1, -0.05) is 29.8 Å². The molecule has 100 valence electrons. The Labute approximate surface area is 110 Å². The number of ether oxygens (including phenoxy) is 1. The van der Waals surface area contributed by atoms with E-state index in [0.717, 1.165) is 26.2 Å². The molecule has 1 fully saturated rings. The highest BCUT2D eigenvalue weighted by molar-refractivity contribution is 5.23. The molecule has 1 aromatic rings. The van der Waals surface area contributed by atoms with Crippen LogP contribution in [0, 0.1) is 6.92 Å². The van der Waals surface area contributed by atoms with Crippen LogP contribution in [0.4, 0.5) is 0 Å². The molecule has 0 spiro atoms. The topological polar surface area (TPSA) is 24.5 Å². The predicted octanol–water partition coefficient (Wildman–Crippen LogP) is 1.98. The van der Waals surface area contributed by atoms with Gasteiger partial charge in [-0.3, -0.25) is 0 Å². The number of nitrogens with one attached hydrogen (secondary N) is 1. The van der Waals surface area contributed by atoms with E-state index in [0.29, 0.717) is 12.1 Å². The Balaban J connectivity index is 1.80. The van der Waals surface area contributed by atoms with Gasteiger partial charge < -0.3 is 15.0 Å². The Hall–Kier alpha value is -0.900. The molecule has 1 unspecified atom stereocenters. The van der Waals surface area contributed by atoms with Gasteiger partial charge in [0.05, 0.1) is 12.7 Å². The Morgan fingerprint density at radius 3 is 2.78 bits per heavy atom. The molecular formula is C15H24N2O. The minimum Gasteiger partial charge on any atom is -0.374 e. The van der Waals surface area contributed by atoms with E-state index in [4.69, 9.17) is 4.74 Å². The first-order chi connectivity index (χ1) is 8.65. The van der Waals surface area contributed by atoms with Gasteiger partial charge in [-0.15, -0.1) is 0 Å². The average Bonchev–Trinajstić information content (AvgIpc) is 2.37. The van der Waals surface area contributed by atoms with E-state index in [1.807, 2.05) is 0 Å². The number of aryl methyl sites for hydroxylation is 1. The number of benzene rings is 1. The SMILES string of the molecule is Cc1ccc([C@H](C)NCC2CN(C)CCO2)cc1. The maximum absolute atomic E-state index is 5.75. The molecule has 2 atom stereocenters. The van der Waals surface area contributed by atoms with E-state index in [9.17, 15) is 0 Å². The summed E-state index contributed by atoms with van der Waals surface area (Å²) in [7, 11) is 2.15. The predicted molar refractivity (Wildman–Crippen MR) is 74.8 cm³/mol. The Morgan fingerprint density at radius 1 is 1.39 bits per heavy atom. The van der Waals surface area contributed by atoms with Crippen molar-refractivity contribution in [3.8, 4) is 0 Å². The number of hydrogen-bond donors (Lipinski definition) is 1. The minimum atomic E-state index is 0.316. The third kappa shape index (κ3) is 3.80. The van der Waals surface area contributed by atoms with E-state index in [2.05, 4.69) is 55.4 Å². The molecule has 0 radical (unpaired) electrons. The summed E-state index contributed by atoms with van der Waals surface area (Å²) in [6.07, 6.45) is 0.316. The lowest BCUT2D eigenvalue weighted by Crippen LogP contribution is -2.45. The van der Waals surface area contributed by atoms with Crippen LogP contribution in [-0.2, 0) is 4.74 Å². The number of nitrogens with zero attached hydrogens (tertiary/aromatic N) is 1. The van der Waals surface area contributed by atoms with Gasteiger partial charge >= 0.3 is 0 Å². The minimum absolute atomic E-state index is 0.316. The lowest BCUT2D eigenvalue weighted by Gasteiger charge is -2.31. The maximum Gasteiger partial charge on any atom is 0.0826 e. The van der Waals surface area contributed by atoms with Crippen LogP contribution >= 0.6 is 0 Å². The first-order valence-electron chi connectivity index (χ1n) is 6.75. The molecular weight excluding hydrogens is 224 g/mol. The Bertz CT molecular complexity index is 363. The highest BCUT2D eigenvalue weighted by Crippen LogP contribution is 2.13. The number of rotatable bonds is 4. The molecule has 2 rings (SSSR count). The van der Waals surface area contributed by atoms with Crippen LogP contribution in [-0.4, -0.2) is 44.3 Å². The second-order valence-electron chi connectivity index (χ2n) is 5.30. The standard InChI is InChI=1S/C15H24N2O/c1-12-4-6-14(7-5-12)13(2)16-10-15-11-17(3)8-9-18-15/h4-7,13,15-16H,8-11H2,1-3H3/t13-,15?/m0/s1. The summed E-state index contributed by atoms with van der Waals surface area (Å²) in [6, 6.07) is 9.10. The van der Waals surface area contributed by atoms with Crippen molar-refractivity contribution in [1.82, 2.24) is 10.2 Å². The zero-order valence-electron chi connectivity index (χ0n) is 11.6. The molecule has 0 bridgehead atoms. The summed E-state index contributed by atoms with van der Waals surface area (Å²) in [5.74, 6) is 0. The molecule has 18 heavy (non-hydrogen) atoms. The van der Waals surface area contributed by atoms with Crippen LogP contribution in [0.15, 0.2) is 24.3 Å². The zero-order valence-corrected chi connectivity index (χ0v) is 11.6. The monoisotopic (exact) mass is 248 g/mol. The summed E-state index contributed by atoms with van der Waals surface area (Å²) in [4.78, 5) is 2.33. The van der Waals surface area contributed by atoms with E-state index < -0.39 is 0 Å². The van der Waals surface area contributed by atoms with Crippen LogP contribution in [0.2, 0.25) is 0 Å².